The Morgan fingerprint density at radius 2 is 1.52 bits per heavy atom. The topological polar surface area (TPSA) is 59.1 Å². The molecule has 3 nitrogen and oxygen atoms in total. The minimum Gasteiger partial charge on any atom is -0.456 e. The van der Waals surface area contributed by atoms with E-state index in [1.165, 1.54) is 0 Å². The van der Waals surface area contributed by atoms with Crippen LogP contribution in [0.2, 0.25) is 0 Å². The number of nitrogen functional groups attached to an aromatic ring is 1. The molecule has 0 fully saturated rings. The molecule has 3 rings (SSSR count). The number of nitrogens with two attached hydrogens (primary N) is 1. The van der Waals surface area contributed by atoms with Crippen LogP contribution in [0, 0.1) is 5.41 Å². The number of rotatable bonds is 3. The predicted molar refractivity (Wildman–Crippen MR) is 89.2 cm³/mol. The molecular formula is C17H13BrN2O. The summed E-state index contributed by atoms with van der Waals surface area (Å²) in [4.78, 5) is 0. The molecule has 0 atom stereocenters. The van der Waals surface area contributed by atoms with E-state index in [2.05, 4.69) is 15.9 Å². The van der Waals surface area contributed by atoms with Gasteiger partial charge in [0.25, 0.3) is 0 Å². The molecule has 21 heavy (non-hydrogen) atoms. The molecule has 0 aliphatic heterocycles. The molecule has 0 heterocycles. The fourth-order valence-corrected chi connectivity index (χ4v) is 2.61. The third kappa shape index (κ3) is 2.62. The summed E-state index contributed by atoms with van der Waals surface area (Å²) in [5.74, 6) is 1.54. The summed E-state index contributed by atoms with van der Waals surface area (Å²) in [5.41, 5.74) is 6.35. The van der Waals surface area contributed by atoms with Gasteiger partial charge >= 0.3 is 0 Å². The van der Waals surface area contributed by atoms with Gasteiger partial charge in [-0.25, -0.2) is 0 Å². The van der Waals surface area contributed by atoms with Crippen molar-refractivity contribution in [3.63, 3.8) is 0 Å². The smallest absolute Gasteiger partial charge is 0.141 e. The summed E-state index contributed by atoms with van der Waals surface area (Å²) in [6.45, 7) is 0. The van der Waals surface area contributed by atoms with Crippen molar-refractivity contribution in [3.05, 3.63) is 70.7 Å². The largest absolute Gasteiger partial charge is 0.456 e. The molecule has 0 saturated carbocycles. The zero-order chi connectivity index (χ0) is 14.8. The first-order chi connectivity index (χ1) is 10.2. The van der Waals surface area contributed by atoms with Crippen LogP contribution in [0.25, 0.3) is 10.8 Å². The molecule has 0 radical (unpaired) electrons. The maximum absolute atomic E-state index is 7.67. The fourth-order valence-electron chi connectivity index (χ4n) is 2.24. The summed E-state index contributed by atoms with van der Waals surface area (Å²) < 4.78 is 6.89. The minimum absolute atomic E-state index is 0.0543. The fraction of sp³-hybridized carbons (Fsp3) is 0. The van der Waals surface area contributed by atoms with Gasteiger partial charge in [-0.15, -0.1) is 0 Å². The Balaban J connectivity index is 2.14. The maximum Gasteiger partial charge on any atom is 0.141 e. The van der Waals surface area contributed by atoms with E-state index in [1.807, 2.05) is 60.7 Å². The van der Waals surface area contributed by atoms with Crippen LogP contribution in [0.15, 0.2) is 65.1 Å². The van der Waals surface area contributed by atoms with Crippen LogP contribution in [-0.4, -0.2) is 5.84 Å². The second-order valence-corrected chi connectivity index (χ2v) is 5.46. The van der Waals surface area contributed by atoms with Crippen LogP contribution in [0.4, 0.5) is 0 Å². The average Bonchev–Trinajstić information content (AvgIpc) is 2.49. The first kappa shape index (κ1) is 13.6. The molecule has 0 aromatic heterocycles. The predicted octanol–water partition coefficient (Wildman–Crippen LogP) is 4.68. The Morgan fingerprint density at radius 3 is 2.24 bits per heavy atom. The van der Waals surface area contributed by atoms with Gasteiger partial charge < -0.3 is 10.5 Å². The molecule has 0 saturated heterocycles. The van der Waals surface area contributed by atoms with Gasteiger partial charge in [-0.1, -0.05) is 36.4 Å². The van der Waals surface area contributed by atoms with Crippen LogP contribution in [0.3, 0.4) is 0 Å². The number of halogens is 1. The number of hydrogen-bond acceptors (Lipinski definition) is 2. The minimum atomic E-state index is 0.0543. The van der Waals surface area contributed by atoms with Gasteiger partial charge in [-0.2, -0.15) is 0 Å². The van der Waals surface area contributed by atoms with Crippen molar-refractivity contribution < 1.29 is 4.74 Å². The van der Waals surface area contributed by atoms with Crippen molar-refractivity contribution in [2.75, 3.05) is 0 Å². The van der Waals surface area contributed by atoms with E-state index in [0.717, 1.165) is 26.7 Å². The average molecular weight is 341 g/mol. The number of hydrogen-bond donors (Lipinski definition) is 2. The zero-order valence-electron chi connectivity index (χ0n) is 11.1. The van der Waals surface area contributed by atoms with E-state index in [1.54, 1.807) is 0 Å². The second kappa shape index (κ2) is 5.58. The Hall–Kier alpha value is -2.33. The monoisotopic (exact) mass is 340 g/mol. The first-order valence-corrected chi connectivity index (χ1v) is 7.24. The van der Waals surface area contributed by atoms with Crippen LogP contribution in [0.1, 0.15) is 5.56 Å². The third-order valence-corrected chi connectivity index (χ3v) is 3.89. The van der Waals surface area contributed by atoms with Gasteiger partial charge in [0.05, 0.1) is 4.47 Å². The number of benzene rings is 3. The lowest BCUT2D eigenvalue weighted by Gasteiger charge is -2.12. The molecule has 3 N–H and O–H groups in total. The van der Waals surface area contributed by atoms with Crippen LogP contribution in [0.5, 0.6) is 11.5 Å². The third-order valence-electron chi connectivity index (χ3n) is 3.23. The van der Waals surface area contributed by atoms with E-state index in [-0.39, 0.29) is 5.84 Å². The van der Waals surface area contributed by atoms with Gasteiger partial charge in [0.1, 0.15) is 17.3 Å². The van der Waals surface area contributed by atoms with Crippen LogP contribution >= 0.6 is 15.9 Å². The van der Waals surface area contributed by atoms with E-state index < -0.39 is 0 Å². The Bertz CT molecular complexity index is 830. The molecule has 3 aromatic carbocycles. The number of nitrogens with one attached hydrogen (secondary N) is 1. The first-order valence-electron chi connectivity index (χ1n) is 6.45. The van der Waals surface area contributed by atoms with E-state index in [9.17, 15) is 0 Å². The molecule has 0 aliphatic carbocycles. The highest BCUT2D eigenvalue weighted by atomic mass is 79.9. The lowest BCUT2D eigenvalue weighted by Crippen LogP contribution is -2.11. The Morgan fingerprint density at radius 1 is 0.857 bits per heavy atom. The van der Waals surface area contributed by atoms with Crippen LogP contribution < -0.4 is 10.5 Å². The standard InChI is InChI=1S/C17H13BrN2O/c18-14-7-3-4-8-16(14)21-15-10-9-13(17(19)20)11-5-1-2-6-12(11)15/h1-10H,(H3,19,20). The number of amidine groups is 1. The zero-order valence-corrected chi connectivity index (χ0v) is 12.7. The second-order valence-electron chi connectivity index (χ2n) is 4.60. The summed E-state index contributed by atoms with van der Waals surface area (Å²) in [7, 11) is 0. The van der Waals surface area contributed by atoms with Crippen molar-refractivity contribution >= 4 is 32.5 Å². The van der Waals surface area contributed by atoms with Crippen molar-refractivity contribution in [2.24, 2.45) is 5.73 Å². The highest BCUT2D eigenvalue weighted by Gasteiger charge is 2.10. The quantitative estimate of drug-likeness (QED) is 0.537. The summed E-state index contributed by atoms with van der Waals surface area (Å²) in [5, 5.41) is 9.52. The SMILES string of the molecule is N=C(N)c1ccc(Oc2ccccc2Br)c2ccccc12. The van der Waals surface area contributed by atoms with Crippen molar-refractivity contribution in [3.8, 4) is 11.5 Å². The molecule has 4 heteroatoms. The number of para-hydroxylation sites is 1. The highest BCUT2D eigenvalue weighted by Crippen LogP contribution is 2.34. The van der Waals surface area contributed by atoms with Gasteiger partial charge in [0.2, 0.25) is 0 Å². The molecule has 0 unspecified atom stereocenters. The Labute approximate surface area is 131 Å². The van der Waals surface area contributed by atoms with Crippen LogP contribution in [-0.2, 0) is 0 Å². The molecule has 0 spiro atoms. The number of ether oxygens (including phenoxy) is 1. The molecule has 0 amide bonds. The van der Waals surface area contributed by atoms with Gasteiger partial charge in [-0.3, -0.25) is 5.41 Å². The Kier molecular flexibility index (Phi) is 3.62. The van der Waals surface area contributed by atoms with Gasteiger partial charge in [0.15, 0.2) is 0 Å². The number of fused-ring (bicyclic) bond motifs is 1. The normalized spacial score (nSPS) is 10.5. The van der Waals surface area contributed by atoms with Crippen molar-refractivity contribution in [1.82, 2.24) is 0 Å². The molecule has 3 aromatic rings. The van der Waals surface area contributed by atoms with Gasteiger partial charge in [0, 0.05) is 10.9 Å². The van der Waals surface area contributed by atoms with E-state index >= 15 is 0 Å². The van der Waals surface area contributed by atoms with Crippen molar-refractivity contribution in [1.29, 1.82) is 5.41 Å². The van der Waals surface area contributed by atoms with Crippen molar-refractivity contribution in [2.45, 2.75) is 0 Å². The molecule has 104 valence electrons. The summed E-state index contributed by atoms with van der Waals surface area (Å²) >= 11 is 3.48. The van der Waals surface area contributed by atoms with E-state index in [0.29, 0.717) is 5.56 Å². The molecular weight excluding hydrogens is 328 g/mol. The molecule has 0 aliphatic rings. The molecule has 0 bridgehead atoms. The van der Waals surface area contributed by atoms with Gasteiger partial charge in [-0.05, 0) is 45.6 Å². The highest BCUT2D eigenvalue weighted by molar-refractivity contribution is 9.10. The summed E-state index contributed by atoms with van der Waals surface area (Å²) in [6, 6.07) is 19.1. The lowest BCUT2D eigenvalue weighted by atomic mass is 10.0. The lowest BCUT2D eigenvalue weighted by molar-refractivity contribution is 0.485. The summed E-state index contributed by atoms with van der Waals surface area (Å²) in [6.07, 6.45) is 0. The maximum atomic E-state index is 7.67. The van der Waals surface area contributed by atoms with E-state index in [4.69, 9.17) is 15.9 Å².